The molecule has 152 valence electrons. The van der Waals surface area contributed by atoms with Crippen molar-refractivity contribution < 1.29 is 18.4 Å². The Hall–Kier alpha value is -1.19. The Morgan fingerprint density at radius 1 is 1.52 bits per heavy atom. The van der Waals surface area contributed by atoms with Crippen LogP contribution in [0.25, 0.3) is 0 Å². The molecule has 0 amide bonds. The molecule has 1 aliphatic carbocycles. The molecule has 11 heteroatoms. The molecular weight excluding hydrogens is 391 g/mol. The van der Waals surface area contributed by atoms with E-state index in [1.165, 1.54) is 11.6 Å². The highest BCUT2D eigenvalue weighted by Crippen LogP contribution is 2.56. The molecule has 3 unspecified atom stereocenters. The first-order chi connectivity index (χ1) is 12.6. The lowest BCUT2D eigenvalue weighted by atomic mass is 10.2. The van der Waals surface area contributed by atoms with E-state index in [0.29, 0.717) is 11.6 Å². The first kappa shape index (κ1) is 22.1. The second kappa shape index (κ2) is 8.87. The Labute approximate surface area is 163 Å². The molecule has 27 heavy (non-hydrogen) atoms. The summed E-state index contributed by atoms with van der Waals surface area (Å²) in [4.78, 5) is 27.4. The molecule has 0 saturated heterocycles. The van der Waals surface area contributed by atoms with E-state index in [2.05, 4.69) is 10.3 Å². The van der Waals surface area contributed by atoms with Crippen molar-refractivity contribution in [3.8, 4) is 0 Å². The molecule has 1 N–H and O–H groups in total. The Morgan fingerprint density at radius 2 is 2.19 bits per heavy atom. The van der Waals surface area contributed by atoms with Crippen molar-refractivity contribution in [3.63, 3.8) is 0 Å². The van der Waals surface area contributed by atoms with Crippen LogP contribution in [0.3, 0.4) is 0 Å². The minimum Gasteiger partial charge on any atom is -0.373 e. The Balaban J connectivity index is 2.09. The SMILES string of the molecule is CNc1ccn(C2(COP(=O)(OCCSC(C)=O)N(C)C)CC2C)c(=O)n1. The molecule has 0 aliphatic heterocycles. The zero-order chi connectivity index (χ0) is 20.2. The maximum Gasteiger partial charge on any atom is 0.407 e. The van der Waals surface area contributed by atoms with Gasteiger partial charge in [0.15, 0.2) is 5.12 Å². The summed E-state index contributed by atoms with van der Waals surface area (Å²) >= 11 is 1.10. The van der Waals surface area contributed by atoms with E-state index in [1.807, 2.05) is 6.92 Å². The lowest BCUT2D eigenvalue weighted by molar-refractivity contribution is -0.109. The highest BCUT2D eigenvalue weighted by molar-refractivity contribution is 8.13. The molecule has 1 heterocycles. The van der Waals surface area contributed by atoms with Gasteiger partial charge in [0.1, 0.15) is 5.82 Å². The van der Waals surface area contributed by atoms with E-state index in [-0.39, 0.29) is 29.9 Å². The van der Waals surface area contributed by atoms with Crippen LogP contribution < -0.4 is 11.0 Å². The van der Waals surface area contributed by atoms with Crippen LogP contribution >= 0.6 is 19.5 Å². The van der Waals surface area contributed by atoms with Crippen LogP contribution in [0.2, 0.25) is 0 Å². The maximum atomic E-state index is 13.0. The third kappa shape index (κ3) is 5.20. The summed E-state index contributed by atoms with van der Waals surface area (Å²) in [6.45, 7) is 3.67. The number of hydrogen-bond acceptors (Lipinski definition) is 8. The summed E-state index contributed by atoms with van der Waals surface area (Å²) in [7, 11) is 1.39. The second-order valence-electron chi connectivity index (χ2n) is 6.69. The second-order valence-corrected chi connectivity index (χ2v) is 10.2. The lowest BCUT2D eigenvalue weighted by Gasteiger charge is -2.27. The van der Waals surface area contributed by atoms with E-state index >= 15 is 0 Å². The van der Waals surface area contributed by atoms with Crippen molar-refractivity contribution in [2.75, 3.05) is 45.4 Å². The quantitative estimate of drug-likeness (QED) is 0.451. The Morgan fingerprint density at radius 3 is 2.67 bits per heavy atom. The molecule has 1 aliphatic rings. The highest BCUT2D eigenvalue weighted by atomic mass is 32.2. The molecule has 1 aromatic rings. The highest BCUT2D eigenvalue weighted by Gasteiger charge is 2.55. The van der Waals surface area contributed by atoms with Crippen LogP contribution in [0.4, 0.5) is 5.82 Å². The molecule has 9 nitrogen and oxygen atoms in total. The zero-order valence-corrected chi connectivity index (χ0v) is 18.0. The van der Waals surface area contributed by atoms with E-state index in [4.69, 9.17) is 9.05 Å². The van der Waals surface area contributed by atoms with Gasteiger partial charge < -0.3 is 5.32 Å². The molecule has 3 atom stereocenters. The van der Waals surface area contributed by atoms with Gasteiger partial charge in [-0.3, -0.25) is 18.4 Å². The van der Waals surface area contributed by atoms with Crippen LogP contribution in [-0.4, -0.2) is 59.4 Å². The predicted octanol–water partition coefficient (Wildman–Crippen LogP) is 2.00. The minimum atomic E-state index is -3.52. The number of anilines is 1. The lowest BCUT2D eigenvalue weighted by Crippen LogP contribution is -2.36. The average molecular weight is 418 g/mol. The third-order valence-electron chi connectivity index (χ3n) is 4.57. The first-order valence-electron chi connectivity index (χ1n) is 8.63. The number of hydrogen-bond donors (Lipinski definition) is 1. The van der Waals surface area contributed by atoms with Crippen LogP contribution in [0.1, 0.15) is 20.3 Å². The monoisotopic (exact) mass is 418 g/mol. The molecule has 1 aromatic heterocycles. The molecule has 1 saturated carbocycles. The summed E-state index contributed by atoms with van der Waals surface area (Å²) in [5, 5.41) is 2.81. The topological polar surface area (TPSA) is 103 Å². The van der Waals surface area contributed by atoms with Crippen molar-refractivity contribution in [1.82, 2.24) is 14.2 Å². The van der Waals surface area contributed by atoms with Gasteiger partial charge in [-0.1, -0.05) is 18.7 Å². The number of nitrogens with zero attached hydrogens (tertiary/aromatic N) is 3. The number of rotatable bonds is 10. The molecule has 0 aromatic carbocycles. The summed E-state index contributed by atoms with van der Waals surface area (Å²) in [5.41, 5.74) is -0.965. The van der Waals surface area contributed by atoms with Crippen molar-refractivity contribution in [3.05, 3.63) is 22.7 Å². The summed E-state index contributed by atoms with van der Waals surface area (Å²) in [6.07, 6.45) is 2.40. The van der Waals surface area contributed by atoms with Gasteiger partial charge in [-0.05, 0) is 32.5 Å². The third-order valence-corrected chi connectivity index (χ3v) is 7.29. The van der Waals surface area contributed by atoms with Gasteiger partial charge in [0.05, 0.1) is 18.8 Å². The van der Waals surface area contributed by atoms with Crippen molar-refractivity contribution in [2.24, 2.45) is 5.92 Å². The van der Waals surface area contributed by atoms with Gasteiger partial charge in [0.2, 0.25) is 0 Å². The fraction of sp³-hybridized carbons (Fsp3) is 0.688. The zero-order valence-electron chi connectivity index (χ0n) is 16.3. The van der Waals surface area contributed by atoms with E-state index in [9.17, 15) is 14.2 Å². The number of carbonyl (C=O) groups excluding carboxylic acids is 1. The van der Waals surface area contributed by atoms with E-state index in [0.717, 1.165) is 18.2 Å². The smallest absolute Gasteiger partial charge is 0.373 e. The average Bonchev–Trinajstić information content (AvgIpc) is 3.27. The molecule has 0 radical (unpaired) electrons. The van der Waals surface area contributed by atoms with Crippen LogP contribution in [0.15, 0.2) is 17.1 Å². The van der Waals surface area contributed by atoms with Gasteiger partial charge in [-0.2, -0.15) is 4.98 Å². The number of carbonyl (C=O) groups is 1. The van der Waals surface area contributed by atoms with Crippen LogP contribution in [0, 0.1) is 5.92 Å². The number of thioether (sulfide) groups is 1. The summed E-state index contributed by atoms with van der Waals surface area (Å²) < 4.78 is 27.2. The fourth-order valence-corrected chi connectivity index (χ4v) is 4.58. The van der Waals surface area contributed by atoms with Gasteiger partial charge in [0, 0.05) is 25.9 Å². The van der Waals surface area contributed by atoms with Gasteiger partial charge in [-0.15, -0.1) is 0 Å². The van der Waals surface area contributed by atoms with Gasteiger partial charge in [-0.25, -0.2) is 14.0 Å². The largest absolute Gasteiger partial charge is 0.407 e. The van der Waals surface area contributed by atoms with Crippen molar-refractivity contribution in [2.45, 2.75) is 25.8 Å². The van der Waals surface area contributed by atoms with E-state index in [1.54, 1.807) is 38.0 Å². The van der Waals surface area contributed by atoms with Crippen molar-refractivity contribution >= 4 is 30.4 Å². The predicted molar refractivity (Wildman–Crippen MR) is 106 cm³/mol. The van der Waals surface area contributed by atoms with Gasteiger partial charge >= 0.3 is 13.4 Å². The Bertz CT molecular complexity index is 786. The molecule has 0 bridgehead atoms. The Kier molecular flexibility index (Phi) is 7.27. The number of aromatic nitrogens is 2. The first-order valence-corrected chi connectivity index (χ1v) is 11.1. The molecule has 0 spiro atoms. The number of nitrogens with one attached hydrogen (secondary N) is 1. The van der Waals surface area contributed by atoms with Crippen LogP contribution in [0.5, 0.6) is 0 Å². The molecule has 1 fully saturated rings. The molecule has 2 rings (SSSR count). The maximum absolute atomic E-state index is 13.0. The molecular formula is C16H27N4O5PS. The standard InChI is InChI=1S/C16H27N4O5PS/c1-12-10-16(12,20-7-6-14(17-3)18-15(20)22)11-25-26(23,19(4)5)24-8-9-27-13(2)21/h6-7,12H,8-11H2,1-5H3,(H,17,18,22). The minimum absolute atomic E-state index is 0.0261. The summed E-state index contributed by atoms with van der Waals surface area (Å²) in [6, 6.07) is 1.72. The van der Waals surface area contributed by atoms with Crippen molar-refractivity contribution in [1.29, 1.82) is 0 Å². The van der Waals surface area contributed by atoms with Gasteiger partial charge in [0.25, 0.3) is 0 Å². The van der Waals surface area contributed by atoms with E-state index < -0.39 is 13.3 Å². The normalized spacial score (nSPS) is 23.9. The van der Waals surface area contributed by atoms with Crippen LogP contribution in [-0.2, 0) is 23.9 Å². The fourth-order valence-electron chi connectivity index (χ4n) is 2.76. The summed E-state index contributed by atoms with van der Waals surface area (Å²) in [5.74, 6) is 1.07.